The van der Waals surface area contributed by atoms with Crippen LogP contribution in [0.25, 0.3) is 0 Å². The summed E-state index contributed by atoms with van der Waals surface area (Å²) in [6.45, 7) is 7.39. The Labute approximate surface area is 104 Å². The van der Waals surface area contributed by atoms with Crippen molar-refractivity contribution in [1.82, 2.24) is 10.2 Å². The average Bonchev–Trinajstić information content (AvgIpc) is 2.63. The fourth-order valence-electron chi connectivity index (χ4n) is 2.89. The summed E-state index contributed by atoms with van der Waals surface area (Å²) in [5, 5.41) is 3.44. The molecule has 0 saturated carbocycles. The average molecular weight is 239 g/mol. The zero-order valence-electron chi connectivity index (χ0n) is 11.3. The predicted molar refractivity (Wildman–Crippen MR) is 70.3 cm³/mol. The number of guanidine groups is 1. The van der Waals surface area contributed by atoms with Crippen LogP contribution in [0.1, 0.15) is 33.1 Å². The summed E-state index contributed by atoms with van der Waals surface area (Å²) >= 11 is 0. The molecule has 0 aromatic carbocycles. The van der Waals surface area contributed by atoms with Gasteiger partial charge in [0.2, 0.25) is 0 Å². The lowest BCUT2D eigenvalue weighted by Gasteiger charge is -2.32. The standard InChI is InChI=1S/C13H25N3O/c1-10-8-12(9-11(2)17-10)4-5-14-13-15-6-7-16(13)3/h10-12H,4-9H2,1-3H3,(H,14,15). The van der Waals surface area contributed by atoms with Gasteiger partial charge in [0, 0.05) is 20.1 Å². The van der Waals surface area contributed by atoms with Crippen LogP contribution in [-0.2, 0) is 4.74 Å². The van der Waals surface area contributed by atoms with E-state index in [0.29, 0.717) is 12.2 Å². The molecule has 1 fully saturated rings. The number of nitrogens with one attached hydrogen (secondary N) is 1. The van der Waals surface area contributed by atoms with Crippen LogP contribution in [-0.4, -0.2) is 49.7 Å². The first-order valence-corrected chi connectivity index (χ1v) is 6.80. The highest BCUT2D eigenvalue weighted by atomic mass is 16.5. The van der Waals surface area contributed by atoms with Crippen LogP contribution in [0.15, 0.2) is 4.99 Å². The van der Waals surface area contributed by atoms with E-state index in [-0.39, 0.29) is 0 Å². The molecule has 0 aromatic rings. The van der Waals surface area contributed by atoms with Gasteiger partial charge >= 0.3 is 0 Å². The molecule has 2 unspecified atom stereocenters. The van der Waals surface area contributed by atoms with E-state index in [1.807, 2.05) is 0 Å². The van der Waals surface area contributed by atoms with E-state index in [1.165, 1.54) is 19.3 Å². The van der Waals surface area contributed by atoms with Crippen molar-refractivity contribution in [3.05, 3.63) is 0 Å². The molecule has 0 aromatic heterocycles. The Bertz CT molecular complexity index is 270. The summed E-state index contributed by atoms with van der Waals surface area (Å²) < 4.78 is 5.76. The first-order valence-electron chi connectivity index (χ1n) is 6.80. The van der Waals surface area contributed by atoms with Crippen molar-refractivity contribution in [2.24, 2.45) is 10.9 Å². The van der Waals surface area contributed by atoms with Crippen LogP contribution in [0.4, 0.5) is 0 Å². The van der Waals surface area contributed by atoms with Crippen molar-refractivity contribution in [2.75, 3.05) is 26.7 Å². The molecular formula is C13H25N3O. The zero-order chi connectivity index (χ0) is 12.3. The molecule has 2 atom stereocenters. The van der Waals surface area contributed by atoms with Gasteiger partial charge in [-0.3, -0.25) is 4.99 Å². The Morgan fingerprint density at radius 3 is 2.65 bits per heavy atom. The number of ether oxygens (including phenoxy) is 1. The minimum absolute atomic E-state index is 0.426. The second-order valence-corrected chi connectivity index (χ2v) is 5.44. The van der Waals surface area contributed by atoms with Crippen LogP contribution in [0, 0.1) is 5.92 Å². The molecule has 98 valence electrons. The lowest BCUT2D eigenvalue weighted by atomic mass is 9.90. The fraction of sp³-hybridized carbons (Fsp3) is 0.923. The van der Waals surface area contributed by atoms with Gasteiger partial charge in [0.1, 0.15) is 0 Å². The number of nitrogens with zero attached hydrogens (tertiary/aromatic N) is 2. The van der Waals surface area contributed by atoms with E-state index in [1.54, 1.807) is 0 Å². The predicted octanol–water partition coefficient (Wildman–Crippen LogP) is 1.47. The third-order valence-corrected chi connectivity index (χ3v) is 3.69. The third-order valence-electron chi connectivity index (χ3n) is 3.69. The van der Waals surface area contributed by atoms with Gasteiger partial charge in [0.05, 0.1) is 18.8 Å². The summed E-state index contributed by atoms with van der Waals surface area (Å²) in [6.07, 6.45) is 4.48. The highest BCUT2D eigenvalue weighted by Gasteiger charge is 2.24. The summed E-state index contributed by atoms with van der Waals surface area (Å²) in [5.74, 6) is 1.87. The molecule has 0 radical (unpaired) electrons. The number of hydrogen-bond donors (Lipinski definition) is 1. The molecule has 0 aliphatic carbocycles. The fourth-order valence-corrected chi connectivity index (χ4v) is 2.89. The highest BCUT2D eigenvalue weighted by molar-refractivity contribution is 5.81. The normalized spacial score (nSPS) is 33.7. The molecule has 0 bridgehead atoms. The Morgan fingerprint density at radius 2 is 2.06 bits per heavy atom. The van der Waals surface area contributed by atoms with Gasteiger partial charge in [-0.25, -0.2) is 0 Å². The quantitative estimate of drug-likeness (QED) is 0.810. The van der Waals surface area contributed by atoms with Gasteiger partial charge in [-0.1, -0.05) is 0 Å². The Kier molecular flexibility index (Phi) is 4.26. The van der Waals surface area contributed by atoms with Gasteiger partial charge in [-0.05, 0) is 39.0 Å². The Hall–Kier alpha value is -0.770. The van der Waals surface area contributed by atoms with Crippen molar-refractivity contribution < 1.29 is 4.74 Å². The van der Waals surface area contributed by atoms with Crippen LogP contribution in [0.2, 0.25) is 0 Å². The monoisotopic (exact) mass is 239 g/mol. The van der Waals surface area contributed by atoms with Crippen LogP contribution >= 0.6 is 0 Å². The van der Waals surface area contributed by atoms with Gasteiger partial charge in [0.25, 0.3) is 0 Å². The van der Waals surface area contributed by atoms with Crippen molar-refractivity contribution in [2.45, 2.75) is 45.3 Å². The first kappa shape index (κ1) is 12.7. The molecule has 2 heterocycles. The lowest BCUT2D eigenvalue weighted by molar-refractivity contribution is -0.0530. The number of hydrogen-bond acceptors (Lipinski definition) is 4. The zero-order valence-corrected chi connectivity index (χ0v) is 11.3. The molecule has 2 rings (SSSR count). The molecular weight excluding hydrogens is 214 g/mol. The van der Waals surface area contributed by atoms with E-state index in [4.69, 9.17) is 4.74 Å². The van der Waals surface area contributed by atoms with Crippen LogP contribution < -0.4 is 5.32 Å². The maximum atomic E-state index is 5.76. The van der Waals surface area contributed by atoms with Gasteiger partial charge in [0.15, 0.2) is 5.96 Å². The molecule has 2 aliphatic heterocycles. The Morgan fingerprint density at radius 1 is 1.35 bits per heavy atom. The smallest absolute Gasteiger partial charge is 0.193 e. The van der Waals surface area contributed by atoms with Crippen molar-refractivity contribution in [3.63, 3.8) is 0 Å². The van der Waals surface area contributed by atoms with Crippen molar-refractivity contribution in [3.8, 4) is 0 Å². The molecule has 1 saturated heterocycles. The molecule has 17 heavy (non-hydrogen) atoms. The highest BCUT2D eigenvalue weighted by Crippen LogP contribution is 2.26. The third kappa shape index (κ3) is 3.60. The van der Waals surface area contributed by atoms with E-state index in [9.17, 15) is 0 Å². The number of likely N-dealkylation sites (N-methyl/N-ethyl adjacent to an activating group) is 1. The van der Waals surface area contributed by atoms with Crippen molar-refractivity contribution in [1.29, 1.82) is 0 Å². The molecule has 0 amide bonds. The summed E-state index contributed by atoms with van der Waals surface area (Å²) in [7, 11) is 2.09. The first-order chi connectivity index (χ1) is 8.15. The van der Waals surface area contributed by atoms with Crippen LogP contribution in [0.3, 0.4) is 0 Å². The number of aliphatic imine (C=N–C) groups is 1. The van der Waals surface area contributed by atoms with Crippen LogP contribution in [0.5, 0.6) is 0 Å². The van der Waals surface area contributed by atoms with E-state index < -0.39 is 0 Å². The number of rotatable bonds is 3. The molecule has 4 nitrogen and oxygen atoms in total. The van der Waals surface area contributed by atoms with Gasteiger partial charge in [-0.2, -0.15) is 0 Å². The molecule has 2 aliphatic rings. The maximum absolute atomic E-state index is 5.76. The largest absolute Gasteiger partial charge is 0.376 e. The Balaban J connectivity index is 1.68. The van der Waals surface area contributed by atoms with Crippen molar-refractivity contribution >= 4 is 5.96 Å². The molecule has 4 heteroatoms. The summed E-state index contributed by atoms with van der Waals surface area (Å²) in [4.78, 5) is 6.63. The topological polar surface area (TPSA) is 36.9 Å². The lowest BCUT2D eigenvalue weighted by Crippen LogP contribution is -2.37. The summed E-state index contributed by atoms with van der Waals surface area (Å²) in [5.41, 5.74) is 0. The SMILES string of the molecule is CC1CC(CCNC2=NCCN2C)CC(C)O1. The van der Waals surface area contributed by atoms with E-state index >= 15 is 0 Å². The second kappa shape index (κ2) is 5.71. The van der Waals surface area contributed by atoms with E-state index in [2.05, 4.69) is 36.1 Å². The minimum atomic E-state index is 0.426. The summed E-state index contributed by atoms with van der Waals surface area (Å²) in [6, 6.07) is 0. The molecule has 1 N–H and O–H groups in total. The minimum Gasteiger partial charge on any atom is -0.376 e. The second-order valence-electron chi connectivity index (χ2n) is 5.44. The van der Waals surface area contributed by atoms with Gasteiger partial charge in [-0.15, -0.1) is 0 Å². The maximum Gasteiger partial charge on any atom is 0.193 e. The molecule has 0 spiro atoms. The van der Waals surface area contributed by atoms with E-state index in [0.717, 1.165) is 31.5 Å². The van der Waals surface area contributed by atoms with Gasteiger partial charge < -0.3 is 15.0 Å².